The third kappa shape index (κ3) is 2.20. The van der Waals surface area contributed by atoms with Gasteiger partial charge in [0.05, 0.1) is 0 Å². The average Bonchev–Trinajstić information content (AvgIpc) is 2.03. The van der Waals surface area contributed by atoms with Crippen LogP contribution in [0.5, 0.6) is 0 Å². The number of hydrogen-bond acceptors (Lipinski definition) is 2. The average molecular weight is 199 g/mol. The summed E-state index contributed by atoms with van der Waals surface area (Å²) in [6.07, 6.45) is 0. The largest absolute Gasteiger partial charge is 0.330 e. The van der Waals surface area contributed by atoms with E-state index in [4.69, 9.17) is 17.3 Å². The quantitative estimate of drug-likeness (QED) is 0.741. The second-order valence-corrected chi connectivity index (χ2v) is 4.24. The lowest BCUT2D eigenvalue weighted by Gasteiger charge is -2.23. The van der Waals surface area contributed by atoms with Crippen molar-refractivity contribution >= 4 is 11.6 Å². The molecule has 0 unspecified atom stereocenters. The van der Waals surface area contributed by atoms with Crippen molar-refractivity contribution in [2.24, 2.45) is 5.73 Å². The maximum atomic E-state index is 6.03. The number of aromatic nitrogens is 1. The summed E-state index contributed by atoms with van der Waals surface area (Å²) in [5, 5.41) is 0.565. The Hall–Kier alpha value is -0.600. The van der Waals surface area contributed by atoms with Gasteiger partial charge in [-0.3, -0.25) is 0 Å². The first-order chi connectivity index (χ1) is 5.97. The van der Waals surface area contributed by atoms with Gasteiger partial charge in [-0.05, 0) is 18.6 Å². The number of rotatable bonds is 2. The Morgan fingerprint density at radius 1 is 1.46 bits per heavy atom. The van der Waals surface area contributed by atoms with E-state index in [0.717, 1.165) is 11.3 Å². The van der Waals surface area contributed by atoms with Crippen molar-refractivity contribution in [2.75, 3.05) is 6.54 Å². The summed E-state index contributed by atoms with van der Waals surface area (Å²) in [4.78, 5) is 4.20. The van der Waals surface area contributed by atoms with E-state index in [-0.39, 0.29) is 5.41 Å². The van der Waals surface area contributed by atoms with Crippen LogP contribution in [0.1, 0.15) is 25.1 Å². The van der Waals surface area contributed by atoms with Gasteiger partial charge in [-0.25, -0.2) is 4.98 Å². The van der Waals surface area contributed by atoms with Crippen molar-refractivity contribution in [1.29, 1.82) is 0 Å². The molecule has 13 heavy (non-hydrogen) atoms. The van der Waals surface area contributed by atoms with Crippen LogP contribution in [0.25, 0.3) is 0 Å². The summed E-state index contributed by atoms with van der Waals surface area (Å²) in [5.41, 5.74) is 7.51. The molecule has 2 nitrogen and oxygen atoms in total. The summed E-state index contributed by atoms with van der Waals surface area (Å²) < 4.78 is 0. The molecule has 72 valence electrons. The number of nitrogens with two attached hydrogens (primary N) is 1. The zero-order valence-electron chi connectivity index (χ0n) is 8.26. The number of halogens is 1. The Bertz CT molecular complexity index is 308. The zero-order chi connectivity index (χ0) is 10.1. The van der Waals surface area contributed by atoms with Crippen LogP contribution in [0.15, 0.2) is 12.1 Å². The molecule has 0 amide bonds. The standard InChI is InChI=1S/C10H15ClN2/c1-7-4-5-8(9(11)13-7)10(2,3)6-12/h4-5H,6,12H2,1-3H3. The van der Waals surface area contributed by atoms with Gasteiger partial charge in [-0.2, -0.15) is 0 Å². The number of hydrogen-bond donors (Lipinski definition) is 1. The van der Waals surface area contributed by atoms with Gasteiger partial charge in [-0.15, -0.1) is 0 Å². The van der Waals surface area contributed by atoms with Crippen LogP contribution in [0.3, 0.4) is 0 Å². The van der Waals surface area contributed by atoms with Crippen molar-refractivity contribution in [3.63, 3.8) is 0 Å². The molecule has 0 aliphatic rings. The van der Waals surface area contributed by atoms with E-state index in [0.29, 0.717) is 11.7 Å². The summed E-state index contributed by atoms with van der Waals surface area (Å²) >= 11 is 6.03. The molecule has 1 heterocycles. The Kier molecular flexibility index (Phi) is 2.94. The fourth-order valence-electron chi connectivity index (χ4n) is 1.14. The first kappa shape index (κ1) is 10.5. The smallest absolute Gasteiger partial charge is 0.133 e. The first-order valence-corrected chi connectivity index (χ1v) is 4.69. The van der Waals surface area contributed by atoms with Crippen LogP contribution in [-0.4, -0.2) is 11.5 Å². The van der Waals surface area contributed by atoms with E-state index in [2.05, 4.69) is 18.8 Å². The van der Waals surface area contributed by atoms with E-state index in [1.807, 2.05) is 19.1 Å². The van der Waals surface area contributed by atoms with Crippen LogP contribution >= 0.6 is 11.6 Å². The molecule has 0 saturated heterocycles. The molecule has 0 aromatic carbocycles. The molecule has 0 spiro atoms. The van der Waals surface area contributed by atoms with E-state index in [9.17, 15) is 0 Å². The van der Waals surface area contributed by atoms with Crippen molar-refractivity contribution in [1.82, 2.24) is 4.98 Å². The van der Waals surface area contributed by atoms with Crippen LogP contribution in [0, 0.1) is 6.92 Å². The minimum Gasteiger partial charge on any atom is -0.330 e. The lowest BCUT2D eigenvalue weighted by molar-refractivity contribution is 0.537. The molecule has 1 aromatic rings. The summed E-state index contributed by atoms with van der Waals surface area (Å²) in [6, 6.07) is 3.95. The lowest BCUT2D eigenvalue weighted by Crippen LogP contribution is -2.28. The SMILES string of the molecule is Cc1ccc(C(C)(C)CN)c(Cl)n1. The Labute approximate surface area is 84.1 Å². The van der Waals surface area contributed by atoms with Crippen molar-refractivity contribution in [2.45, 2.75) is 26.2 Å². The third-order valence-corrected chi connectivity index (χ3v) is 2.52. The molecule has 0 saturated carbocycles. The van der Waals surface area contributed by atoms with Gasteiger partial charge < -0.3 is 5.73 Å². The van der Waals surface area contributed by atoms with E-state index in [1.165, 1.54) is 0 Å². The van der Waals surface area contributed by atoms with E-state index < -0.39 is 0 Å². The Balaban J connectivity index is 3.16. The molecule has 0 radical (unpaired) electrons. The zero-order valence-corrected chi connectivity index (χ0v) is 9.02. The normalized spacial score (nSPS) is 11.8. The second kappa shape index (κ2) is 3.64. The van der Waals surface area contributed by atoms with Crippen LogP contribution in [-0.2, 0) is 5.41 Å². The van der Waals surface area contributed by atoms with Crippen LogP contribution < -0.4 is 5.73 Å². The van der Waals surface area contributed by atoms with Gasteiger partial charge in [0.2, 0.25) is 0 Å². The Morgan fingerprint density at radius 3 is 2.54 bits per heavy atom. The third-order valence-electron chi connectivity index (χ3n) is 2.23. The molecule has 1 rings (SSSR count). The van der Waals surface area contributed by atoms with Crippen molar-refractivity contribution < 1.29 is 0 Å². The molecule has 0 atom stereocenters. The highest BCUT2D eigenvalue weighted by Gasteiger charge is 2.21. The minimum atomic E-state index is -0.0994. The molecular weight excluding hydrogens is 184 g/mol. The van der Waals surface area contributed by atoms with Crippen molar-refractivity contribution in [3.8, 4) is 0 Å². The van der Waals surface area contributed by atoms with Gasteiger partial charge in [0.15, 0.2) is 0 Å². The molecule has 3 heteroatoms. The second-order valence-electron chi connectivity index (χ2n) is 3.88. The monoisotopic (exact) mass is 198 g/mol. The topological polar surface area (TPSA) is 38.9 Å². The predicted octanol–water partition coefficient (Wildman–Crippen LogP) is 2.28. The molecule has 0 aliphatic carbocycles. The summed E-state index contributed by atoms with van der Waals surface area (Å²) in [6.45, 7) is 6.61. The lowest BCUT2D eigenvalue weighted by atomic mass is 9.86. The number of pyridine rings is 1. The molecule has 0 fully saturated rings. The fourth-order valence-corrected chi connectivity index (χ4v) is 1.59. The van der Waals surface area contributed by atoms with Crippen LogP contribution in [0.2, 0.25) is 5.15 Å². The van der Waals surface area contributed by atoms with Gasteiger partial charge in [0.25, 0.3) is 0 Å². The predicted molar refractivity (Wildman–Crippen MR) is 56.1 cm³/mol. The number of nitrogens with zero attached hydrogens (tertiary/aromatic N) is 1. The van der Waals surface area contributed by atoms with Gasteiger partial charge >= 0.3 is 0 Å². The van der Waals surface area contributed by atoms with Crippen molar-refractivity contribution in [3.05, 3.63) is 28.5 Å². The number of aryl methyl sites for hydroxylation is 1. The molecule has 0 bridgehead atoms. The Morgan fingerprint density at radius 2 is 2.08 bits per heavy atom. The first-order valence-electron chi connectivity index (χ1n) is 4.31. The highest BCUT2D eigenvalue weighted by Crippen LogP contribution is 2.27. The molecule has 1 aromatic heterocycles. The molecule has 0 aliphatic heterocycles. The van der Waals surface area contributed by atoms with Crippen LogP contribution in [0.4, 0.5) is 0 Å². The van der Waals surface area contributed by atoms with E-state index in [1.54, 1.807) is 0 Å². The molecule has 2 N–H and O–H groups in total. The fraction of sp³-hybridized carbons (Fsp3) is 0.500. The van der Waals surface area contributed by atoms with E-state index >= 15 is 0 Å². The van der Waals surface area contributed by atoms with Gasteiger partial charge in [0, 0.05) is 17.7 Å². The highest BCUT2D eigenvalue weighted by atomic mass is 35.5. The highest BCUT2D eigenvalue weighted by molar-refractivity contribution is 6.30. The maximum Gasteiger partial charge on any atom is 0.133 e. The maximum absolute atomic E-state index is 6.03. The summed E-state index contributed by atoms with van der Waals surface area (Å²) in [7, 11) is 0. The minimum absolute atomic E-state index is 0.0994. The molecular formula is C10H15ClN2. The summed E-state index contributed by atoms with van der Waals surface area (Å²) in [5.74, 6) is 0. The van der Waals surface area contributed by atoms with Gasteiger partial charge in [-0.1, -0.05) is 31.5 Å². The van der Waals surface area contributed by atoms with Gasteiger partial charge in [0.1, 0.15) is 5.15 Å².